The Hall–Kier alpha value is -3.79. The molecule has 4 N–H and O–H groups in total. The predicted molar refractivity (Wildman–Crippen MR) is 97.4 cm³/mol. The van der Waals surface area contributed by atoms with Crippen molar-refractivity contribution < 1.29 is 19.2 Å². The first-order valence-electron chi connectivity index (χ1n) is 8.17. The number of aliphatic hydroxyl groups is 1. The molecule has 3 aromatic rings. The molecule has 28 heavy (non-hydrogen) atoms. The maximum Gasteiger partial charge on any atom is 0.271 e. The fraction of sp³-hybridized carbons (Fsp3) is 0.111. The zero-order chi connectivity index (χ0) is 20.2. The molecule has 2 aromatic carbocycles. The molecule has 4 rings (SSSR count). The van der Waals surface area contributed by atoms with Crippen molar-refractivity contribution in [2.24, 2.45) is 0 Å². The molecule has 0 fully saturated rings. The van der Waals surface area contributed by atoms with E-state index in [2.05, 4.69) is 10.4 Å². The van der Waals surface area contributed by atoms with Crippen molar-refractivity contribution >= 4 is 23.1 Å². The molecule has 0 bridgehead atoms. The number of benzene rings is 2. The van der Waals surface area contributed by atoms with E-state index in [-0.39, 0.29) is 39.7 Å². The predicted octanol–water partition coefficient (Wildman–Crippen LogP) is 2.00. The summed E-state index contributed by atoms with van der Waals surface area (Å²) in [4.78, 5) is 23.1. The Kier molecular flexibility index (Phi) is 3.69. The number of nitro groups is 1. The Labute approximate surface area is 157 Å². The minimum atomic E-state index is -2.25. The van der Waals surface area contributed by atoms with Crippen LogP contribution in [0.15, 0.2) is 42.5 Å². The molecule has 142 valence electrons. The number of halogens is 1. The molecule has 10 heteroatoms. The molecule has 0 saturated heterocycles. The highest BCUT2D eigenvalue weighted by molar-refractivity contribution is 6.08. The van der Waals surface area contributed by atoms with Crippen molar-refractivity contribution in [2.45, 2.75) is 12.5 Å². The number of amides is 1. The normalized spacial score (nSPS) is 18.0. The summed E-state index contributed by atoms with van der Waals surface area (Å²) in [7, 11) is 0. The van der Waals surface area contributed by atoms with E-state index in [4.69, 9.17) is 5.73 Å². The highest BCUT2D eigenvalue weighted by atomic mass is 19.1. The standard InChI is InChI=1S/C18H14FN5O4/c1-9-15(18(26)13-7-10(19)5-6-14(13)21-17(18)25)16(20)23(22-9)11-3-2-4-12(8-11)24(27)28/h2-8,26H,20H2,1H3,(H,21,25)/t18-/m1/s1. The van der Waals surface area contributed by atoms with Crippen LogP contribution in [0.25, 0.3) is 5.69 Å². The number of anilines is 2. The third-order valence-corrected chi connectivity index (χ3v) is 4.69. The Morgan fingerprint density at radius 2 is 2.07 bits per heavy atom. The minimum Gasteiger partial charge on any atom is -0.383 e. The van der Waals surface area contributed by atoms with Crippen LogP contribution < -0.4 is 11.1 Å². The van der Waals surface area contributed by atoms with E-state index in [1.807, 2.05) is 0 Å². The van der Waals surface area contributed by atoms with Crippen molar-refractivity contribution in [3.63, 3.8) is 0 Å². The van der Waals surface area contributed by atoms with Gasteiger partial charge in [0.15, 0.2) is 0 Å². The van der Waals surface area contributed by atoms with Crippen molar-refractivity contribution in [1.82, 2.24) is 9.78 Å². The number of non-ortho nitro benzene ring substituents is 1. The lowest BCUT2D eigenvalue weighted by molar-refractivity contribution is -0.384. The number of aromatic nitrogens is 2. The van der Waals surface area contributed by atoms with Gasteiger partial charge in [0.1, 0.15) is 11.6 Å². The van der Waals surface area contributed by atoms with Crippen LogP contribution in [-0.2, 0) is 10.4 Å². The van der Waals surface area contributed by atoms with Crippen LogP contribution >= 0.6 is 0 Å². The number of nitrogens with zero attached hydrogens (tertiary/aromatic N) is 3. The molecule has 1 aromatic heterocycles. The zero-order valence-electron chi connectivity index (χ0n) is 14.5. The summed E-state index contributed by atoms with van der Waals surface area (Å²) >= 11 is 0. The van der Waals surface area contributed by atoms with Crippen molar-refractivity contribution in [3.05, 3.63) is 75.2 Å². The summed E-state index contributed by atoms with van der Waals surface area (Å²) in [5, 5.41) is 29.0. The quantitative estimate of drug-likeness (QED) is 0.467. The van der Waals surface area contributed by atoms with Gasteiger partial charge in [-0.25, -0.2) is 9.07 Å². The number of aryl methyl sites for hydroxylation is 1. The molecular formula is C18H14FN5O4. The summed E-state index contributed by atoms with van der Waals surface area (Å²) in [6, 6.07) is 9.14. The van der Waals surface area contributed by atoms with Crippen molar-refractivity contribution in [2.75, 3.05) is 11.1 Å². The summed E-state index contributed by atoms with van der Waals surface area (Å²) in [6.07, 6.45) is 0. The van der Waals surface area contributed by atoms with E-state index < -0.39 is 22.2 Å². The number of hydrogen-bond donors (Lipinski definition) is 3. The SMILES string of the molecule is Cc1nn(-c2cccc([N+](=O)[O-])c2)c(N)c1[C@@]1(O)C(=O)Nc2ccc(F)cc21. The molecule has 1 atom stereocenters. The molecule has 0 spiro atoms. The molecule has 0 unspecified atom stereocenters. The first-order chi connectivity index (χ1) is 13.2. The van der Waals surface area contributed by atoms with Crippen LogP contribution in [0, 0.1) is 22.9 Å². The fourth-order valence-corrected chi connectivity index (χ4v) is 3.44. The molecule has 1 aliphatic rings. The third kappa shape index (κ3) is 2.35. The molecule has 0 saturated carbocycles. The lowest BCUT2D eigenvalue weighted by Crippen LogP contribution is -2.36. The van der Waals surface area contributed by atoms with Gasteiger partial charge < -0.3 is 16.2 Å². The highest BCUT2D eigenvalue weighted by Gasteiger charge is 2.50. The number of rotatable bonds is 3. The summed E-state index contributed by atoms with van der Waals surface area (Å²) in [5.74, 6) is -1.51. The topological polar surface area (TPSA) is 136 Å². The van der Waals surface area contributed by atoms with E-state index in [0.29, 0.717) is 0 Å². The van der Waals surface area contributed by atoms with E-state index in [0.717, 1.165) is 12.1 Å². The number of nitrogens with one attached hydrogen (secondary N) is 1. The van der Waals surface area contributed by atoms with Crippen LogP contribution in [0.2, 0.25) is 0 Å². The first kappa shape index (κ1) is 17.6. The van der Waals surface area contributed by atoms with Gasteiger partial charge in [-0.05, 0) is 31.2 Å². The van der Waals surface area contributed by atoms with E-state index in [9.17, 15) is 24.4 Å². The number of nitro benzene ring substituents is 1. The van der Waals surface area contributed by atoms with Crippen LogP contribution in [0.3, 0.4) is 0 Å². The van der Waals surface area contributed by atoms with Gasteiger partial charge in [-0.1, -0.05) is 6.07 Å². The molecule has 1 aliphatic heterocycles. The number of nitrogens with two attached hydrogens (primary N) is 1. The largest absolute Gasteiger partial charge is 0.383 e. The summed E-state index contributed by atoms with van der Waals surface area (Å²) in [5.41, 5.74) is 4.53. The van der Waals surface area contributed by atoms with Crippen LogP contribution in [0.5, 0.6) is 0 Å². The molecule has 0 radical (unpaired) electrons. The molecule has 2 heterocycles. The van der Waals surface area contributed by atoms with Gasteiger partial charge in [-0.3, -0.25) is 14.9 Å². The number of carbonyl (C=O) groups excluding carboxylic acids is 1. The molecule has 9 nitrogen and oxygen atoms in total. The molecular weight excluding hydrogens is 369 g/mol. The third-order valence-electron chi connectivity index (χ3n) is 4.69. The van der Waals surface area contributed by atoms with Gasteiger partial charge in [-0.15, -0.1) is 0 Å². The maximum absolute atomic E-state index is 13.8. The van der Waals surface area contributed by atoms with E-state index in [1.165, 1.54) is 35.9 Å². The number of nitrogen functional groups attached to an aromatic ring is 1. The van der Waals surface area contributed by atoms with Crippen LogP contribution in [0.4, 0.5) is 21.6 Å². The number of hydrogen-bond acceptors (Lipinski definition) is 6. The van der Waals surface area contributed by atoms with E-state index >= 15 is 0 Å². The van der Waals surface area contributed by atoms with Crippen LogP contribution in [-0.4, -0.2) is 25.7 Å². The van der Waals surface area contributed by atoms with Gasteiger partial charge in [0, 0.05) is 23.4 Å². The van der Waals surface area contributed by atoms with Crippen LogP contribution in [0.1, 0.15) is 16.8 Å². The minimum absolute atomic E-state index is 0.0131. The molecule has 1 amide bonds. The molecule has 0 aliphatic carbocycles. The lowest BCUT2D eigenvalue weighted by Gasteiger charge is -2.21. The Morgan fingerprint density at radius 1 is 1.32 bits per heavy atom. The second-order valence-electron chi connectivity index (χ2n) is 6.39. The van der Waals surface area contributed by atoms with Gasteiger partial charge in [-0.2, -0.15) is 5.10 Å². The average Bonchev–Trinajstić information content (AvgIpc) is 3.09. The number of fused-ring (bicyclic) bond motifs is 1. The monoisotopic (exact) mass is 383 g/mol. The average molecular weight is 383 g/mol. The second-order valence-corrected chi connectivity index (χ2v) is 6.39. The number of carbonyl (C=O) groups is 1. The van der Waals surface area contributed by atoms with Gasteiger partial charge >= 0.3 is 0 Å². The summed E-state index contributed by atoms with van der Waals surface area (Å²) in [6.45, 7) is 1.53. The fourth-order valence-electron chi connectivity index (χ4n) is 3.44. The van der Waals surface area contributed by atoms with E-state index in [1.54, 1.807) is 6.07 Å². The van der Waals surface area contributed by atoms with Gasteiger partial charge in [0.25, 0.3) is 11.6 Å². The van der Waals surface area contributed by atoms with Gasteiger partial charge in [0.05, 0.1) is 21.9 Å². The van der Waals surface area contributed by atoms with Gasteiger partial charge in [0.2, 0.25) is 5.60 Å². The highest BCUT2D eigenvalue weighted by Crippen LogP contribution is 2.44. The zero-order valence-corrected chi connectivity index (χ0v) is 14.5. The smallest absolute Gasteiger partial charge is 0.271 e. The first-order valence-corrected chi connectivity index (χ1v) is 8.17. The lowest BCUT2D eigenvalue weighted by atomic mass is 9.87. The Balaban J connectivity index is 1.92. The Bertz CT molecular complexity index is 1160. The maximum atomic E-state index is 13.8. The van der Waals surface area contributed by atoms with Crippen molar-refractivity contribution in [3.8, 4) is 5.69 Å². The van der Waals surface area contributed by atoms with Crippen molar-refractivity contribution in [1.29, 1.82) is 0 Å². The second kappa shape index (κ2) is 5.86. The Morgan fingerprint density at radius 3 is 2.79 bits per heavy atom. The summed E-state index contributed by atoms with van der Waals surface area (Å²) < 4.78 is 15.0.